The summed E-state index contributed by atoms with van der Waals surface area (Å²) in [5.41, 5.74) is 1.28. The van der Waals surface area contributed by atoms with Crippen LogP contribution in [0.2, 0.25) is 0 Å². The Hall–Kier alpha value is -1.56. The zero-order chi connectivity index (χ0) is 15.5. The number of carbonyl (C=O) groups is 1. The molecule has 1 N–H and O–H groups in total. The second kappa shape index (κ2) is 6.47. The summed E-state index contributed by atoms with van der Waals surface area (Å²) in [5.74, 6) is 0.177. The van der Waals surface area contributed by atoms with Gasteiger partial charge in [-0.2, -0.15) is 0 Å². The number of hydrogen-bond donors (Lipinski definition) is 1. The van der Waals surface area contributed by atoms with Gasteiger partial charge in [0.25, 0.3) is 0 Å². The fourth-order valence-electron chi connectivity index (χ4n) is 2.56. The molecule has 0 atom stereocenters. The number of nitrogens with zero attached hydrogens (tertiary/aromatic N) is 1. The third-order valence-corrected chi connectivity index (χ3v) is 5.18. The standard InChI is InChI=1S/C15H22N2O3S/c1-17(21(2,19)20)14-10-8-13(9-11-14)16-15(18)12-6-4-3-5-7-12/h8-12H,3-7H2,1-2H3,(H,16,18). The minimum absolute atomic E-state index is 0.0684. The normalized spacial score (nSPS) is 16.5. The Morgan fingerprint density at radius 1 is 1.14 bits per heavy atom. The molecule has 1 aliphatic carbocycles. The highest BCUT2D eigenvalue weighted by molar-refractivity contribution is 7.92. The first kappa shape index (κ1) is 15.8. The highest BCUT2D eigenvalue weighted by Gasteiger charge is 2.21. The van der Waals surface area contributed by atoms with Crippen LogP contribution >= 0.6 is 0 Å². The highest BCUT2D eigenvalue weighted by atomic mass is 32.2. The minimum Gasteiger partial charge on any atom is -0.326 e. The van der Waals surface area contributed by atoms with Crippen molar-refractivity contribution in [2.45, 2.75) is 32.1 Å². The van der Waals surface area contributed by atoms with Gasteiger partial charge in [0.2, 0.25) is 15.9 Å². The molecule has 6 heteroatoms. The van der Waals surface area contributed by atoms with Crippen LogP contribution in [0.4, 0.5) is 11.4 Å². The van der Waals surface area contributed by atoms with E-state index in [1.165, 1.54) is 17.8 Å². The predicted octanol–water partition coefficient (Wildman–Crippen LogP) is 2.60. The van der Waals surface area contributed by atoms with Crippen molar-refractivity contribution in [3.05, 3.63) is 24.3 Å². The molecule has 1 fully saturated rings. The molecule has 0 aromatic heterocycles. The average Bonchev–Trinajstić information content (AvgIpc) is 2.47. The maximum Gasteiger partial charge on any atom is 0.231 e. The van der Waals surface area contributed by atoms with E-state index in [1.807, 2.05) is 0 Å². The first-order valence-corrected chi connectivity index (χ1v) is 9.07. The molecule has 0 unspecified atom stereocenters. The van der Waals surface area contributed by atoms with E-state index in [9.17, 15) is 13.2 Å². The number of anilines is 2. The molecule has 2 rings (SSSR count). The van der Waals surface area contributed by atoms with Crippen molar-refractivity contribution in [1.82, 2.24) is 0 Å². The topological polar surface area (TPSA) is 66.5 Å². The number of rotatable bonds is 4. The van der Waals surface area contributed by atoms with Crippen LogP contribution in [-0.2, 0) is 14.8 Å². The molecular formula is C15H22N2O3S. The van der Waals surface area contributed by atoms with Gasteiger partial charge in [-0.25, -0.2) is 8.42 Å². The van der Waals surface area contributed by atoms with Crippen LogP contribution in [0, 0.1) is 5.92 Å². The molecule has 0 saturated heterocycles. The van der Waals surface area contributed by atoms with Crippen molar-refractivity contribution in [3.8, 4) is 0 Å². The van der Waals surface area contributed by atoms with E-state index in [2.05, 4.69) is 5.32 Å². The largest absolute Gasteiger partial charge is 0.326 e. The maximum atomic E-state index is 12.1. The molecule has 1 aromatic carbocycles. The second-order valence-electron chi connectivity index (χ2n) is 5.60. The summed E-state index contributed by atoms with van der Waals surface area (Å²) in [4.78, 5) is 12.1. The van der Waals surface area contributed by atoms with E-state index in [0.717, 1.165) is 31.9 Å². The van der Waals surface area contributed by atoms with Gasteiger partial charge >= 0.3 is 0 Å². The van der Waals surface area contributed by atoms with Crippen LogP contribution in [0.25, 0.3) is 0 Å². The van der Waals surface area contributed by atoms with E-state index in [1.54, 1.807) is 24.3 Å². The Morgan fingerprint density at radius 3 is 2.24 bits per heavy atom. The molecule has 0 radical (unpaired) electrons. The molecular weight excluding hydrogens is 288 g/mol. The van der Waals surface area contributed by atoms with Crippen LogP contribution in [-0.4, -0.2) is 27.6 Å². The van der Waals surface area contributed by atoms with Crippen LogP contribution in [0.1, 0.15) is 32.1 Å². The quantitative estimate of drug-likeness (QED) is 0.929. The third-order valence-electron chi connectivity index (χ3n) is 3.97. The molecule has 1 aromatic rings. The summed E-state index contributed by atoms with van der Waals surface area (Å²) in [6.45, 7) is 0. The predicted molar refractivity (Wildman–Crippen MR) is 84.9 cm³/mol. The van der Waals surface area contributed by atoms with E-state index >= 15 is 0 Å². The Labute approximate surface area is 126 Å². The lowest BCUT2D eigenvalue weighted by molar-refractivity contribution is -0.120. The molecule has 1 aliphatic rings. The summed E-state index contributed by atoms with van der Waals surface area (Å²) in [7, 11) is -1.76. The van der Waals surface area contributed by atoms with Crippen molar-refractivity contribution in [1.29, 1.82) is 0 Å². The summed E-state index contributed by atoms with van der Waals surface area (Å²) in [6.07, 6.45) is 6.54. The number of sulfonamides is 1. The molecule has 0 heterocycles. The van der Waals surface area contributed by atoms with Crippen molar-refractivity contribution in [2.75, 3.05) is 22.9 Å². The van der Waals surface area contributed by atoms with Crippen molar-refractivity contribution >= 4 is 27.3 Å². The SMILES string of the molecule is CN(c1ccc(NC(=O)C2CCCCC2)cc1)S(C)(=O)=O. The fourth-order valence-corrected chi connectivity index (χ4v) is 3.06. The summed E-state index contributed by atoms with van der Waals surface area (Å²) in [5, 5.41) is 2.91. The van der Waals surface area contributed by atoms with Gasteiger partial charge in [0.1, 0.15) is 0 Å². The van der Waals surface area contributed by atoms with Gasteiger partial charge in [0, 0.05) is 18.7 Å². The first-order chi connectivity index (χ1) is 9.88. The van der Waals surface area contributed by atoms with Crippen molar-refractivity contribution in [3.63, 3.8) is 0 Å². The monoisotopic (exact) mass is 310 g/mol. The number of benzene rings is 1. The van der Waals surface area contributed by atoms with E-state index in [4.69, 9.17) is 0 Å². The zero-order valence-electron chi connectivity index (χ0n) is 12.5. The molecule has 0 bridgehead atoms. The van der Waals surface area contributed by atoms with E-state index in [-0.39, 0.29) is 11.8 Å². The van der Waals surface area contributed by atoms with Gasteiger partial charge in [0.05, 0.1) is 11.9 Å². The van der Waals surface area contributed by atoms with Crippen LogP contribution in [0.3, 0.4) is 0 Å². The molecule has 5 nitrogen and oxygen atoms in total. The lowest BCUT2D eigenvalue weighted by Gasteiger charge is -2.21. The molecule has 116 valence electrons. The molecule has 1 saturated carbocycles. The lowest BCUT2D eigenvalue weighted by atomic mass is 9.88. The summed E-state index contributed by atoms with van der Waals surface area (Å²) in [6, 6.07) is 6.85. The van der Waals surface area contributed by atoms with Gasteiger partial charge in [-0.05, 0) is 37.1 Å². The summed E-state index contributed by atoms with van der Waals surface area (Å²) < 4.78 is 24.1. The van der Waals surface area contributed by atoms with Gasteiger partial charge < -0.3 is 5.32 Å². The number of hydrogen-bond acceptors (Lipinski definition) is 3. The molecule has 1 amide bonds. The van der Waals surface area contributed by atoms with E-state index in [0.29, 0.717) is 11.4 Å². The van der Waals surface area contributed by atoms with Crippen molar-refractivity contribution in [2.24, 2.45) is 5.92 Å². The lowest BCUT2D eigenvalue weighted by Crippen LogP contribution is -2.25. The maximum absolute atomic E-state index is 12.1. The minimum atomic E-state index is -3.26. The zero-order valence-corrected chi connectivity index (χ0v) is 13.3. The number of nitrogens with one attached hydrogen (secondary N) is 1. The van der Waals surface area contributed by atoms with Crippen LogP contribution in [0.5, 0.6) is 0 Å². The van der Waals surface area contributed by atoms with Gasteiger partial charge in [-0.3, -0.25) is 9.10 Å². The fraction of sp³-hybridized carbons (Fsp3) is 0.533. The highest BCUT2D eigenvalue weighted by Crippen LogP contribution is 2.25. The number of carbonyl (C=O) groups excluding carboxylic acids is 1. The van der Waals surface area contributed by atoms with Crippen LogP contribution in [0.15, 0.2) is 24.3 Å². The smallest absolute Gasteiger partial charge is 0.231 e. The van der Waals surface area contributed by atoms with Gasteiger partial charge in [-0.1, -0.05) is 19.3 Å². The molecule has 0 aliphatic heterocycles. The van der Waals surface area contributed by atoms with Gasteiger partial charge in [-0.15, -0.1) is 0 Å². The molecule has 21 heavy (non-hydrogen) atoms. The second-order valence-corrected chi connectivity index (χ2v) is 7.62. The average molecular weight is 310 g/mol. The first-order valence-electron chi connectivity index (χ1n) is 7.23. The number of amides is 1. The van der Waals surface area contributed by atoms with Crippen molar-refractivity contribution < 1.29 is 13.2 Å². The Morgan fingerprint density at radius 2 is 1.71 bits per heavy atom. The molecule has 0 spiro atoms. The van der Waals surface area contributed by atoms with Crippen LogP contribution < -0.4 is 9.62 Å². The van der Waals surface area contributed by atoms with Gasteiger partial charge in [0.15, 0.2) is 0 Å². The Kier molecular flexibility index (Phi) is 4.88. The van der Waals surface area contributed by atoms with E-state index < -0.39 is 10.0 Å². The third kappa shape index (κ3) is 4.20. The summed E-state index contributed by atoms with van der Waals surface area (Å²) >= 11 is 0. The Bertz CT molecular complexity index is 590. The Balaban J connectivity index is 2.00.